The minimum atomic E-state index is -1.01. The van der Waals surface area contributed by atoms with Crippen LogP contribution in [0.3, 0.4) is 0 Å². The van der Waals surface area contributed by atoms with Crippen molar-refractivity contribution >= 4 is 10.8 Å². The Kier molecular flexibility index (Phi) is 5.51. The zero-order valence-electron chi connectivity index (χ0n) is 13.0. The van der Waals surface area contributed by atoms with E-state index in [-0.39, 0.29) is 11.1 Å². The van der Waals surface area contributed by atoms with Gasteiger partial charge in [0.2, 0.25) is 0 Å². The second kappa shape index (κ2) is 7.79. The molecule has 1 fully saturated rings. The molecule has 2 heterocycles. The van der Waals surface area contributed by atoms with Crippen molar-refractivity contribution in [2.75, 3.05) is 19.6 Å². The van der Waals surface area contributed by atoms with Gasteiger partial charge in [-0.05, 0) is 62.2 Å². The molecule has 0 saturated carbocycles. The highest BCUT2D eigenvalue weighted by Crippen LogP contribution is 2.20. The maximum Gasteiger partial charge on any atom is 0.127 e. The van der Waals surface area contributed by atoms with Crippen LogP contribution in [0.15, 0.2) is 53.7 Å². The summed E-state index contributed by atoms with van der Waals surface area (Å²) in [5.74, 6) is -0.188. The Morgan fingerprint density at radius 1 is 1.13 bits per heavy atom. The highest BCUT2D eigenvalue weighted by Gasteiger charge is 2.25. The number of rotatable bonds is 5. The van der Waals surface area contributed by atoms with Gasteiger partial charge in [0.1, 0.15) is 10.8 Å². The van der Waals surface area contributed by atoms with Crippen LogP contribution in [0.1, 0.15) is 18.4 Å². The van der Waals surface area contributed by atoms with Gasteiger partial charge in [-0.25, -0.2) is 9.37 Å². The van der Waals surface area contributed by atoms with Gasteiger partial charge in [-0.2, -0.15) is 0 Å². The Bertz CT molecular complexity index is 640. The molecule has 1 aliphatic heterocycles. The summed E-state index contributed by atoms with van der Waals surface area (Å²) in [7, 11) is -1.01. The number of benzene rings is 1. The molecule has 0 bridgehead atoms. The molecule has 1 aromatic heterocycles. The van der Waals surface area contributed by atoms with E-state index in [1.165, 1.54) is 12.1 Å². The van der Waals surface area contributed by atoms with E-state index < -0.39 is 10.8 Å². The molecule has 3 nitrogen and oxygen atoms in total. The smallest absolute Gasteiger partial charge is 0.127 e. The minimum Gasteiger partial charge on any atom is -0.303 e. The van der Waals surface area contributed by atoms with Gasteiger partial charge in [0, 0.05) is 18.0 Å². The summed E-state index contributed by atoms with van der Waals surface area (Å²) >= 11 is 0. The van der Waals surface area contributed by atoms with Gasteiger partial charge in [-0.1, -0.05) is 18.2 Å². The SMILES string of the molecule is O=S(c1ccccn1)C1CCN(CCc2ccc(F)cc2)CC1. The molecule has 122 valence electrons. The first-order valence-electron chi connectivity index (χ1n) is 8.01. The molecular formula is C18H21FN2OS. The van der Waals surface area contributed by atoms with Crippen molar-refractivity contribution < 1.29 is 8.60 Å². The maximum absolute atomic E-state index is 12.9. The normalized spacial score (nSPS) is 18.0. The monoisotopic (exact) mass is 332 g/mol. The van der Waals surface area contributed by atoms with Gasteiger partial charge in [0.25, 0.3) is 0 Å². The van der Waals surface area contributed by atoms with E-state index in [1.54, 1.807) is 6.20 Å². The van der Waals surface area contributed by atoms with Crippen LogP contribution in [0.5, 0.6) is 0 Å². The number of piperidine rings is 1. The van der Waals surface area contributed by atoms with Crippen LogP contribution in [0.2, 0.25) is 0 Å². The minimum absolute atomic E-state index is 0.188. The molecule has 0 N–H and O–H groups in total. The summed E-state index contributed by atoms with van der Waals surface area (Å²) in [5.41, 5.74) is 1.16. The second-order valence-corrected chi connectivity index (χ2v) is 7.56. The summed E-state index contributed by atoms with van der Waals surface area (Å²) in [6, 6.07) is 12.3. The quantitative estimate of drug-likeness (QED) is 0.844. The zero-order chi connectivity index (χ0) is 16.1. The maximum atomic E-state index is 12.9. The zero-order valence-corrected chi connectivity index (χ0v) is 13.8. The van der Waals surface area contributed by atoms with Crippen LogP contribution >= 0.6 is 0 Å². The van der Waals surface area contributed by atoms with Crippen LogP contribution in [-0.2, 0) is 17.2 Å². The van der Waals surface area contributed by atoms with Crippen molar-refractivity contribution in [3.63, 3.8) is 0 Å². The predicted octanol–water partition coefficient (Wildman–Crippen LogP) is 3.04. The first-order chi connectivity index (χ1) is 11.2. The molecule has 1 saturated heterocycles. The van der Waals surface area contributed by atoms with Gasteiger partial charge >= 0.3 is 0 Å². The van der Waals surface area contributed by atoms with Crippen molar-refractivity contribution in [3.8, 4) is 0 Å². The summed E-state index contributed by atoms with van der Waals surface area (Å²) in [6.45, 7) is 2.89. The molecule has 2 aromatic rings. The van der Waals surface area contributed by atoms with Crippen LogP contribution in [0.25, 0.3) is 0 Å². The number of pyridine rings is 1. The Hall–Kier alpha value is -1.59. The summed E-state index contributed by atoms with van der Waals surface area (Å²) < 4.78 is 25.4. The molecule has 1 aromatic carbocycles. The van der Waals surface area contributed by atoms with E-state index in [0.29, 0.717) is 5.03 Å². The predicted molar refractivity (Wildman–Crippen MR) is 90.2 cm³/mol. The van der Waals surface area contributed by atoms with Crippen molar-refractivity contribution in [1.29, 1.82) is 0 Å². The van der Waals surface area contributed by atoms with Crippen LogP contribution in [0.4, 0.5) is 4.39 Å². The van der Waals surface area contributed by atoms with Crippen molar-refractivity contribution in [3.05, 3.63) is 60.0 Å². The van der Waals surface area contributed by atoms with E-state index in [0.717, 1.165) is 44.5 Å². The lowest BCUT2D eigenvalue weighted by Gasteiger charge is -2.31. The highest BCUT2D eigenvalue weighted by atomic mass is 32.2. The number of nitrogens with zero attached hydrogens (tertiary/aromatic N) is 2. The van der Waals surface area contributed by atoms with Crippen molar-refractivity contribution in [1.82, 2.24) is 9.88 Å². The van der Waals surface area contributed by atoms with Crippen molar-refractivity contribution in [2.24, 2.45) is 0 Å². The number of hydrogen-bond acceptors (Lipinski definition) is 3. The lowest BCUT2D eigenvalue weighted by atomic mass is 10.1. The molecule has 23 heavy (non-hydrogen) atoms. The van der Waals surface area contributed by atoms with Crippen LogP contribution < -0.4 is 0 Å². The molecular weight excluding hydrogens is 311 g/mol. The number of likely N-dealkylation sites (tertiary alicyclic amines) is 1. The fourth-order valence-electron chi connectivity index (χ4n) is 2.92. The lowest BCUT2D eigenvalue weighted by molar-refractivity contribution is 0.234. The Morgan fingerprint density at radius 3 is 2.52 bits per heavy atom. The fraction of sp³-hybridized carbons (Fsp3) is 0.389. The molecule has 0 radical (unpaired) electrons. The standard InChI is InChI=1S/C18H21FN2OS/c19-16-6-4-15(5-7-16)8-12-21-13-9-17(10-14-21)23(22)18-3-1-2-11-20-18/h1-7,11,17H,8-10,12-14H2. The first-order valence-corrected chi connectivity index (χ1v) is 9.22. The third-order valence-electron chi connectivity index (χ3n) is 4.31. The molecule has 3 rings (SSSR count). The average Bonchev–Trinajstić information content (AvgIpc) is 2.62. The van der Waals surface area contributed by atoms with Crippen molar-refractivity contribution in [2.45, 2.75) is 29.5 Å². The Morgan fingerprint density at radius 2 is 1.87 bits per heavy atom. The second-order valence-electron chi connectivity index (χ2n) is 5.88. The van der Waals surface area contributed by atoms with Gasteiger partial charge in [0.15, 0.2) is 0 Å². The average molecular weight is 332 g/mol. The number of halogens is 1. The number of aromatic nitrogens is 1. The first kappa shape index (κ1) is 16.3. The third-order valence-corrected chi connectivity index (χ3v) is 6.04. The molecule has 0 aliphatic carbocycles. The summed E-state index contributed by atoms with van der Waals surface area (Å²) in [6.07, 6.45) is 4.50. The van der Waals surface area contributed by atoms with Gasteiger partial charge in [-0.3, -0.25) is 4.21 Å². The molecule has 0 amide bonds. The molecule has 1 unspecified atom stereocenters. The number of hydrogen-bond donors (Lipinski definition) is 0. The van der Waals surface area contributed by atoms with E-state index in [2.05, 4.69) is 9.88 Å². The van der Waals surface area contributed by atoms with Gasteiger partial charge in [-0.15, -0.1) is 0 Å². The Balaban J connectivity index is 1.47. The summed E-state index contributed by atoms with van der Waals surface area (Å²) in [4.78, 5) is 6.61. The molecule has 5 heteroatoms. The highest BCUT2D eigenvalue weighted by molar-refractivity contribution is 7.85. The van der Waals surface area contributed by atoms with Crippen LogP contribution in [-0.4, -0.2) is 39.0 Å². The molecule has 1 atom stereocenters. The van der Waals surface area contributed by atoms with Gasteiger partial charge < -0.3 is 4.90 Å². The molecule has 0 spiro atoms. The third kappa shape index (κ3) is 4.45. The summed E-state index contributed by atoms with van der Waals surface area (Å²) in [5, 5.41) is 0.893. The Labute approximate surface area is 139 Å². The van der Waals surface area contributed by atoms with E-state index in [1.807, 2.05) is 30.3 Å². The van der Waals surface area contributed by atoms with Gasteiger partial charge in [0.05, 0.1) is 10.8 Å². The topological polar surface area (TPSA) is 33.2 Å². The largest absolute Gasteiger partial charge is 0.303 e. The lowest BCUT2D eigenvalue weighted by Crippen LogP contribution is -2.38. The van der Waals surface area contributed by atoms with E-state index in [4.69, 9.17) is 0 Å². The molecule has 1 aliphatic rings. The van der Waals surface area contributed by atoms with E-state index in [9.17, 15) is 8.60 Å². The fourth-order valence-corrected chi connectivity index (χ4v) is 4.28. The van der Waals surface area contributed by atoms with Crippen LogP contribution in [0, 0.1) is 5.82 Å². The van der Waals surface area contributed by atoms with E-state index >= 15 is 0 Å².